The Morgan fingerprint density at radius 1 is 0.256 bits per heavy atom. The van der Waals surface area contributed by atoms with E-state index in [1.165, 1.54) is 79.3 Å². The van der Waals surface area contributed by atoms with E-state index in [4.69, 9.17) is 8.83 Å². The fraction of sp³-hybridized carbons (Fsp3) is 0. The zero-order chi connectivity index (χ0) is 53.8. The second kappa shape index (κ2) is 18.7. The summed E-state index contributed by atoms with van der Waals surface area (Å²) in [5.74, 6) is 0. The van der Waals surface area contributed by atoms with Gasteiger partial charge < -0.3 is 18.0 Å². The molecule has 0 N–H and O–H groups in total. The Labute approximate surface area is 478 Å². The van der Waals surface area contributed by atoms with E-state index >= 15 is 0 Å². The molecule has 0 aliphatic carbocycles. The minimum Gasteiger partial charge on any atom is -0.454 e. The summed E-state index contributed by atoms with van der Waals surface area (Å²) in [7, 11) is 0. The van der Waals surface area contributed by atoms with Crippen molar-refractivity contribution in [3.63, 3.8) is 0 Å². The van der Waals surface area contributed by atoms with E-state index in [9.17, 15) is 0 Å². The Morgan fingerprint density at radius 2 is 0.695 bits per heavy atom. The minimum absolute atomic E-state index is 0.910. The first-order valence-electron chi connectivity index (χ1n) is 27.7. The van der Waals surface area contributed by atoms with Gasteiger partial charge in [0.15, 0.2) is 11.2 Å². The van der Waals surface area contributed by atoms with Gasteiger partial charge in [0.2, 0.25) is 0 Å². The minimum atomic E-state index is 0.910. The van der Waals surface area contributed by atoms with Gasteiger partial charge in [0.25, 0.3) is 0 Å². The second-order valence-electron chi connectivity index (χ2n) is 21.1. The number of nitrogens with zero attached hydrogens (tertiary/aromatic N) is 2. The van der Waals surface area contributed by atoms with E-state index in [2.05, 4.69) is 288 Å². The number of furan rings is 2. The van der Waals surface area contributed by atoms with Crippen LogP contribution >= 0.6 is 22.7 Å². The molecule has 0 amide bonds. The van der Waals surface area contributed by atoms with Crippen molar-refractivity contribution in [3.8, 4) is 55.9 Å². The number of hydrogen-bond acceptors (Lipinski definition) is 4. The van der Waals surface area contributed by atoms with Crippen LogP contribution in [0, 0.1) is 0 Å². The molecule has 384 valence electrons. The summed E-state index contributed by atoms with van der Waals surface area (Å²) < 4.78 is 23.4. The van der Waals surface area contributed by atoms with Gasteiger partial charge in [0.1, 0.15) is 22.2 Å². The first-order chi connectivity index (χ1) is 40.7. The molecule has 82 heavy (non-hydrogen) atoms. The second-order valence-corrected chi connectivity index (χ2v) is 23.2. The van der Waals surface area contributed by atoms with Crippen molar-refractivity contribution >= 4 is 129 Å². The standard InChI is InChI=1S/2C38H23NOS/c1-3-11-24(12-4-1)25-21-22-34-32(23-25)29-18-10-17-28(38(29)41-34)27-16-9-19-31-35-37(40-36(27)31)30-15-7-8-20-33(30)39(35)26-13-5-2-6-14-26;1-3-10-24(11-4-1)25-19-21-35-32(22-25)29-16-9-15-28(38(29)41-35)26-18-20-31-34(23-26)40-37-30-14-7-8-17-33(30)39(36(31)37)27-12-5-2-6-13-27/h2*1-23H. The van der Waals surface area contributed by atoms with Crippen LogP contribution in [0.5, 0.6) is 0 Å². The number of benzene rings is 12. The molecule has 0 radical (unpaired) electrons. The van der Waals surface area contributed by atoms with Crippen LogP contribution in [0.25, 0.3) is 162 Å². The van der Waals surface area contributed by atoms with Gasteiger partial charge in [-0.15, -0.1) is 22.7 Å². The van der Waals surface area contributed by atoms with Crippen LogP contribution in [0.3, 0.4) is 0 Å². The number of aromatic nitrogens is 2. The molecule has 0 saturated carbocycles. The van der Waals surface area contributed by atoms with Crippen molar-refractivity contribution in [3.05, 3.63) is 279 Å². The monoisotopic (exact) mass is 1080 g/mol. The summed E-state index contributed by atoms with van der Waals surface area (Å²) in [6.45, 7) is 0. The Bertz CT molecular complexity index is 5510. The molecule has 6 heterocycles. The molecule has 0 bridgehead atoms. The summed E-state index contributed by atoms with van der Waals surface area (Å²) in [5.41, 5.74) is 20.2. The molecule has 0 aliphatic rings. The topological polar surface area (TPSA) is 36.1 Å². The van der Waals surface area contributed by atoms with Crippen molar-refractivity contribution in [2.24, 2.45) is 0 Å². The maximum atomic E-state index is 6.84. The van der Waals surface area contributed by atoms with Crippen molar-refractivity contribution in [2.45, 2.75) is 0 Å². The summed E-state index contributed by atoms with van der Waals surface area (Å²) >= 11 is 3.73. The predicted octanol–water partition coefficient (Wildman–Crippen LogP) is 22.5. The maximum absolute atomic E-state index is 6.84. The van der Waals surface area contributed by atoms with Crippen LogP contribution < -0.4 is 0 Å². The first kappa shape index (κ1) is 46.7. The molecule has 12 aromatic carbocycles. The Morgan fingerprint density at radius 3 is 1.27 bits per heavy atom. The van der Waals surface area contributed by atoms with Crippen LogP contribution in [0.15, 0.2) is 288 Å². The number of rotatable bonds is 6. The highest BCUT2D eigenvalue weighted by atomic mass is 32.1. The van der Waals surface area contributed by atoms with Gasteiger partial charge in [0, 0.05) is 84.4 Å². The molecule has 0 aliphatic heterocycles. The van der Waals surface area contributed by atoms with Gasteiger partial charge in [-0.25, -0.2) is 0 Å². The molecule has 6 aromatic heterocycles. The largest absolute Gasteiger partial charge is 0.454 e. The highest BCUT2D eigenvalue weighted by Crippen LogP contribution is 2.48. The number of fused-ring (bicyclic) bond motifs is 16. The highest BCUT2D eigenvalue weighted by Gasteiger charge is 2.24. The van der Waals surface area contributed by atoms with E-state index in [1.54, 1.807) is 0 Å². The molecular weight excluding hydrogens is 1040 g/mol. The van der Waals surface area contributed by atoms with E-state index in [1.807, 2.05) is 22.7 Å². The third-order valence-electron chi connectivity index (χ3n) is 16.4. The van der Waals surface area contributed by atoms with Crippen molar-refractivity contribution in [2.75, 3.05) is 0 Å². The van der Waals surface area contributed by atoms with Gasteiger partial charge in [-0.1, -0.05) is 188 Å². The Hall–Kier alpha value is -10.2. The number of thiophene rings is 2. The van der Waals surface area contributed by atoms with Crippen LogP contribution in [0.1, 0.15) is 0 Å². The van der Waals surface area contributed by atoms with Gasteiger partial charge in [-0.2, -0.15) is 0 Å². The molecule has 18 rings (SSSR count). The van der Waals surface area contributed by atoms with Gasteiger partial charge >= 0.3 is 0 Å². The van der Waals surface area contributed by atoms with Crippen LogP contribution in [-0.2, 0) is 0 Å². The molecule has 0 atom stereocenters. The Balaban J connectivity index is 0.000000130. The molecular formula is C76H46N2O2S2. The highest BCUT2D eigenvalue weighted by molar-refractivity contribution is 7.26. The number of para-hydroxylation sites is 5. The quantitative estimate of drug-likeness (QED) is 0.166. The summed E-state index contributed by atoms with van der Waals surface area (Å²) in [5, 5.41) is 9.70. The third kappa shape index (κ3) is 7.29. The normalized spacial score (nSPS) is 11.9. The van der Waals surface area contributed by atoms with Crippen LogP contribution in [-0.4, -0.2) is 9.13 Å². The van der Waals surface area contributed by atoms with E-state index in [0.717, 1.165) is 82.9 Å². The van der Waals surface area contributed by atoms with Crippen molar-refractivity contribution < 1.29 is 8.83 Å². The maximum Gasteiger partial charge on any atom is 0.161 e. The molecule has 0 spiro atoms. The SMILES string of the molecule is c1ccc(-c2ccc3sc4c(-c5ccc6c(c5)oc5c7ccccc7n(-c7ccccc7)c65)cccc4c3c2)cc1.c1ccc(-c2ccc3sc4c(-c5cccc6c5oc5c7ccccc7n(-c7ccccc7)c65)cccc4c3c2)cc1. The zero-order valence-corrected chi connectivity index (χ0v) is 45.7. The fourth-order valence-corrected chi connectivity index (χ4v) is 15.1. The van der Waals surface area contributed by atoms with Crippen LogP contribution in [0.2, 0.25) is 0 Å². The van der Waals surface area contributed by atoms with Gasteiger partial charge in [-0.05, 0) is 124 Å². The summed E-state index contributed by atoms with van der Waals surface area (Å²) in [4.78, 5) is 0. The molecule has 0 saturated heterocycles. The lowest BCUT2D eigenvalue weighted by Crippen LogP contribution is -1.92. The molecule has 0 unspecified atom stereocenters. The lowest BCUT2D eigenvalue weighted by atomic mass is 9.99. The Kier molecular flexibility index (Phi) is 10.6. The molecule has 18 aromatic rings. The average Bonchev–Trinajstić information content (AvgIpc) is 2.39. The predicted molar refractivity (Wildman–Crippen MR) is 349 cm³/mol. The lowest BCUT2D eigenvalue weighted by Gasteiger charge is -2.08. The van der Waals surface area contributed by atoms with E-state index < -0.39 is 0 Å². The zero-order valence-electron chi connectivity index (χ0n) is 44.1. The molecule has 0 fully saturated rings. The van der Waals surface area contributed by atoms with Gasteiger partial charge in [0.05, 0.1) is 11.0 Å². The van der Waals surface area contributed by atoms with Crippen molar-refractivity contribution in [1.29, 1.82) is 0 Å². The third-order valence-corrected chi connectivity index (χ3v) is 18.9. The van der Waals surface area contributed by atoms with E-state index in [-0.39, 0.29) is 0 Å². The van der Waals surface area contributed by atoms with Crippen molar-refractivity contribution in [1.82, 2.24) is 9.13 Å². The smallest absolute Gasteiger partial charge is 0.161 e. The summed E-state index contributed by atoms with van der Waals surface area (Å²) in [6, 6.07) is 99.7. The van der Waals surface area contributed by atoms with E-state index in [0.29, 0.717) is 0 Å². The average molecular weight is 1080 g/mol. The number of hydrogen-bond donors (Lipinski definition) is 0. The summed E-state index contributed by atoms with van der Waals surface area (Å²) in [6.07, 6.45) is 0. The lowest BCUT2D eigenvalue weighted by molar-refractivity contribution is 0.673. The first-order valence-corrected chi connectivity index (χ1v) is 29.4. The van der Waals surface area contributed by atoms with Gasteiger partial charge in [-0.3, -0.25) is 0 Å². The van der Waals surface area contributed by atoms with Crippen LogP contribution in [0.4, 0.5) is 0 Å². The molecule has 6 heteroatoms. The fourth-order valence-electron chi connectivity index (χ4n) is 12.7. The molecule has 4 nitrogen and oxygen atoms in total.